The van der Waals surface area contributed by atoms with Gasteiger partial charge in [0, 0.05) is 18.9 Å². The van der Waals surface area contributed by atoms with Gasteiger partial charge in [-0.05, 0) is 36.2 Å². The summed E-state index contributed by atoms with van der Waals surface area (Å²) in [6, 6.07) is 10.1. The van der Waals surface area contributed by atoms with Crippen molar-refractivity contribution in [2.75, 3.05) is 5.75 Å². The van der Waals surface area contributed by atoms with E-state index in [0.717, 1.165) is 9.54 Å². The molecule has 0 spiro atoms. The molecule has 142 valence electrons. The Balaban J connectivity index is 1.92. The van der Waals surface area contributed by atoms with Crippen LogP contribution in [0.1, 0.15) is 18.9 Å². The Kier molecular flexibility index (Phi) is 5.41. The number of fused-ring (bicyclic) bond motifs is 1. The minimum Gasteiger partial charge on any atom is -0.350 e. The van der Waals surface area contributed by atoms with E-state index in [1.165, 1.54) is 4.57 Å². The third kappa shape index (κ3) is 3.92. The zero-order chi connectivity index (χ0) is 19.4. The highest BCUT2D eigenvalue weighted by molar-refractivity contribution is 7.90. The molecule has 0 fully saturated rings. The maximum atomic E-state index is 12.8. The Morgan fingerprint density at radius 1 is 1.11 bits per heavy atom. The maximum absolute atomic E-state index is 12.8. The fourth-order valence-corrected chi connectivity index (χ4v) is 4.34. The fraction of sp³-hybridized carbons (Fsp3) is 0.278. The number of para-hydroxylation sites is 2. The van der Waals surface area contributed by atoms with Crippen LogP contribution in [0.5, 0.6) is 0 Å². The van der Waals surface area contributed by atoms with E-state index < -0.39 is 15.7 Å². The molecule has 3 aromatic rings. The van der Waals surface area contributed by atoms with E-state index in [1.54, 1.807) is 55.7 Å². The Hall–Kier alpha value is -2.94. The van der Waals surface area contributed by atoms with E-state index in [1.807, 2.05) is 0 Å². The van der Waals surface area contributed by atoms with Gasteiger partial charge in [0.05, 0.1) is 16.8 Å². The smallest absolute Gasteiger partial charge is 0.343 e. The van der Waals surface area contributed by atoms with Gasteiger partial charge in [0.1, 0.15) is 6.54 Å². The van der Waals surface area contributed by atoms with Gasteiger partial charge in [0.2, 0.25) is 15.9 Å². The van der Waals surface area contributed by atoms with Crippen molar-refractivity contribution in [1.82, 2.24) is 18.8 Å². The van der Waals surface area contributed by atoms with Crippen molar-refractivity contribution >= 4 is 27.0 Å². The molecule has 1 aromatic carbocycles. The molecule has 0 atom stereocenters. The van der Waals surface area contributed by atoms with Crippen LogP contribution in [0.4, 0.5) is 0 Å². The van der Waals surface area contributed by atoms with Crippen molar-refractivity contribution in [2.24, 2.45) is 0 Å². The van der Waals surface area contributed by atoms with Crippen LogP contribution in [0.2, 0.25) is 0 Å². The lowest BCUT2D eigenvalue weighted by atomic mass is 10.3. The first-order valence-corrected chi connectivity index (χ1v) is 10.1. The second-order valence-electron chi connectivity index (χ2n) is 6.07. The average Bonchev–Trinajstić information content (AvgIpc) is 2.93. The number of carbonyl (C=O) groups excluding carboxylic acids is 1. The van der Waals surface area contributed by atoms with E-state index in [0.29, 0.717) is 18.5 Å². The monoisotopic (exact) mass is 388 g/mol. The summed E-state index contributed by atoms with van der Waals surface area (Å²) < 4.78 is 27.0. The zero-order valence-corrected chi connectivity index (χ0v) is 15.6. The highest BCUT2D eigenvalue weighted by Gasteiger charge is 2.23. The van der Waals surface area contributed by atoms with E-state index in [-0.39, 0.29) is 23.7 Å². The summed E-state index contributed by atoms with van der Waals surface area (Å²) in [7, 11) is -3.79. The highest BCUT2D eigenvalue weighted by Crippen LogP contribution is 2.15. The number of imidazole rings is 1. The van der Waals surface area contributed by atoms with Crippen LogP contribution in [0.3, 0.4) is 0 Å². The summed E-state index contributed by atoms with van der Waals surface area (Å²) in [6.45, 7) is 1.76. The third-order valence-electron chi connectivity index (χ3n) is 4.08. The van der Waals surface area contributed by atoms with Crippen LogP contribution in [0.15, 0.2) is 53.6 Å². The highest BCUT2D eigenvalue weighted by atomic mass is 32.2. The number of nitrogens with zero attached hydrogens (tertiary/aromatic N) is 3. The molecular weight excluding hydrogens is 368 g/mol. The number of benzene rings is 1. The Bertz CT molecular complexity index is 1120. The van der Waals surface area contributed by atoms with Gasteiger partial charge < -0.3 is 5.32 Å². The van der Waals surface area contributed by atoms with Gasteiger partial charge in [-0.1, -0.05) is 19.1 Å². The van der Waals surface area contributed by atoms with Gasteiger partial charge in [-0.15, -0.1) is 0 Å². The summed E-state index contributed by atoms with van der Waals surface area (Å²) >= 11 is 0. The Morgan fingerprint density at radius 3 is 2.44 bits per heavy atom. The molecule has 0 unspecified atom stereocenters. The molecule has 3 rings (SSSR count). The van der Waals surface area contributed by atoms with Gasteiger partial charge in [-0.25, -0.2) is 13.2 Å². The van der Waals surface area contributed by atoms with Crippen LogP contribution in [0.25, 0.3) is 11.0 Å². The van der Waals surface area contributed by atoms with E-state index in [4.69, 9.17) is 0 Å². The van der Waals surface area contributed by atoms with E-state index in [2.05, 4.69) is 10.3 Å². The third-order valence-corrected chi connectivity index (χ3v) is 5.91. The minimum atomic E-state index is -3.79. The number of aromatic nitrogens is 3. The Labute approximate surface area is 156 Å². The van der Waals surface area contributed by atoms with Crippen LogP contribution in [-0.2, 0) is 27.9 Å². The molecule has 0 bridgehead atoms. The zero-order valence-electron chi connectivity index (χ0n) is 14.8. The number of carbonyl (C=O) groups is 1. The van der Waals surface area contributed by atoms with Crippen molar-refractivity contribution in [2.45, 2.75) is 26.4 Å². The van der Waals surface area contributed by atoms with Gasteiger partial charge >= 0.3 is 5.69 Å². The summed E-state index contributed by atoms with van der Waals surface area (Å²) in [5, 5.41) is 2.73. The largest absolute Gasteiger partial charge is 0.350 e. The molecular formula is C18H20N4O4S. The van der Waals surface area contributed by atoms with Crippen molar-refractivity contribution in [3.05, 3.63) is 64.8 Å². The van der Waals surface area contributed by atoms with E-state index in [9.17, 15) is 18.0 Å². The number of rotatable bonds is 7. The predicted octanol–water partition coefficient (Wildman–Crippen LogP) is 1.10. The van der Waals surface area contributed by atoms with Gasteiger partial charge in [0.25, 0.3) is 0 Å². The first-order valence-electron chi connectivity index (χ1n) is 8.53. The van der Waals surface area contributed by atoms with Crippen molar-refractivity contribution in [1.29, 1.82) is 0 Å². The quantitative estimate of drug-likeness (QED) is 0.653. The van der Waals surface area contributed by atoms with Crippen LogP contribution in [0, 0.1) is 0 Å². The lowest BCUT2D eigenvalue weighted by molar-refractivity contribution is -0.121. The Morgan fingerprint density at radius 2 is 1.78 bits per heavy atom. The van der Waals surface area contributed by atoms with Crippen molar-refractivity contribution in [3.8, 4) is 0 Å². The fourth-order valence-electron chi connectivity index (χ4n) is 2.85. The summed E-state index contributed by atoms with van der Waals surface area (Å²) in [6.07, 6.45) is 3.64. The summed E-state index contributed by atoms with van der Waals surface area (Å²) in [5.74, 6) is -0.528. The number of hydrogen-bond acceptors (Lipinski definition) is 5. The first kappa shape index (κ1) is 18.8. The molecule has 0 aliphatic rings. The second kappa shape index (κ2) is 7.75. The molecule has 27 heavy (non-hydrogen) atoms. The molecule has 0 aliphatic heterocycles. The minimum absolute atomic E-state index is 0.144. The number of amides is 1. The van der Waals surface area contributed by atoms with Crippen molar-refractivity contribution in [3.63, 3.8) is 0 Å². The van der Waals surface area contributed by atoms with Crippen LogP contribution in [-0.4, -0.2) is 33.6 Å². The van der Waals surface area contributed by atoms with Gasteiger partial charge in [-0.3, -0.25) is 14.3 Å². The standard InChI is InChI=1S/C18H20N4O4S/c1-2-11-27(25,26)22-16-6-4-3-5-15(16)21(18(22)24)13-17(23)20-12-14-7-9-19-10-8-14/h3-10H,2,11-13H2,1H3,(H,20,23). The average molecular weight is 388 g/mol. The number of nitrogens with one attached hydrogen (secondary N) is 1. The van der Waals surface area contributed by atoms with Crippen LogP contribution >= 0.6 is 0 Å². The number of pyridine rings is 1. The lowest BCUT2D eigenvalue weighted by Crippen LogP contribution is -2.35. The molecule has 0 aliphatic carbocycles. The van der Waals surface area contributed by atoms with E-state index >= 15 is 0 Å². The molecule has 2 aromatic heterocycles. The molecule has 0 saturated carbocycles. The maximum Gasteiger partial charge on any atom is 0.343 e. The molecule has 9 heteroatoms. The molecule has 1 amide bonds. The number of hydrogen-bond donors (Lipinski definition) is 1. The molecule has 8 nitrogen and oxygen atoms in total. The predicted molar refractivity (Wildman–Crippen MR) is 102 cm³/mol. The lowest BCUT2D eigenvalue weighted by Gasteiger charge is -2.06. The molecule has 0 saturated heterocycles. The summed E-state index contributed by atoms with van der Waals surface area (Å²) in [5.41, 5.74) is 0.821. The SMILES string of the molecule is CCCS(=O)(=O)n1c(=O)n(CC(=O)NCc2ccncc2)c2ccccc21. The van der Waals surface area contributed by atoms with Crippen LogP contribution < -0.4 is 11.0 Å². The van der Waals surface area contributed by atoms with Gasteiger partial charge in [0.15, 0.2) is 0 Å². The molecule has 1 N–H and O–H groups in total. The van der Waals surface area contributed by atoms with Gasteiger partial charge in [-0.2, -0.15) is 3.97 Å². The first-order chi connectivity index (χ1) is 12.9. The summed E-state index contributed by atoms with van der Waals surface area (Å²) in [4.78, 5) is 29.0. The molecule has 0 radical (unpaired) electrons. The normalized spacial score (nSPS) is 11.6. The van der Waals surface area contributed by atoms with Crippen molar-refractivity contribution < 1.29 is 13.2 Å². The second-order valence-corrected chi connectivity index (χ2v) is 8.01. The molecule has 2 heterocycles. The topological polar surface area (TPSA) is 103 Å².